The Morgan fingerprint density at radius 3 is 2.43 bits per heavy atom. The zero-order chi connectivity index (χ0) is 21.3. The molecule has 0 aliphatic carbocycles. The van der Waals surface area contributed by atoms with E-state index in [0.717, 1.165) is 0 Å². The first-order valence-electron chi connectivity index (χ1n) is 9.32. The summed E-state index contributed by atoms with van der Waals surface area (Å²) in [6.45, 7) is 1.03. The maximum atomic E-state index is 12.7. The minimum atomic E-state index is -4.03. The van der Waals surface area contributed by atoms with Gasteiger partial charge in [0, 0.05) is 18.7 Å². The minimum Gasteiger partial charge on any atom is -0.393 e. The number of carbonyl (C=O) groups is 1. The van der Waals surface area contributed by atoms with Gasteiger partial charge in [0.25, 0.3) is 5.91 Å². The van der Waals surface area contributed by atoms with Crippen LogP contribution in [0.5, 0.6) is 0 Å². The number of H-pyrrole nitrogens is 1. The summed E-state index contributed by atoms with van der Waals surface area (Å²) in [6, 6.07) is 11.5. The van der Waals surface area contributed by atoms with E-state index in [1.165, 1.54) is 6.07 Å². The van der Waals surface area contributed by atoms with Crippen molar-refractivity contribution in [1.82, 2.24) is 25.5 Å². The number of aromatic amines is 1. The highest BCUT2D eigenvalue weighted by Crippen LogP contribution is 2.35. The summed E-state index contributed by atoms with van der Waals surface area (Å²) in [5.41, 5.74) is 1.96. The first kappa shape index (κ1) is 20.1. The maximum Gasteiger partial charge on any atom is 0.253 e. The van der Waals surface area contributed by atoms with Crippen LogP contribution in [0.25, 0.3) is 22.5 Å². The monoisotopic (exact) mass is 428 g/mol. The van der Waals surface area contributed by atoms with E-state index >= 15 is 0 Å². The van der Waals surface area contributed by atoms with Crippen LogP contribution in [0, 0.1) is 0 Å². The molecule has 1 aliphatic rings. The Bertz CT molecular complexity index is 1150. The molecule has 0 bridgehead atoms. The van der Waals surface area contributed by atoms with Crippen molar-refractivity contribution >= 4 is 15.9 Å². The largest absolute Gasteiger partial charge is 0.393 e. The number of rotatable bonds is 4. The lowest BCUT2D eigenvalue weighted by atomic mass is 9.97. The SMILES string of the molecule is NS(=O)(=O)c1cccc(-c2ccc(C(=O)N3CCC(O)CC3)cc2)c1-c1nn[nH]n1. The molecule has 1 fully saturated rings. The predicted octanol–water partition coefficient (Wildman–Crippen LogP) is 0.778. The van der Waals surface area contributed by atoms with E-state index in [9.17, 15) is 18.3 Å². The predicted molar refractivity (Wildman–Crippen MR) is 108 cm³/mol. The number of amides is 1. The number of piperidine rings is 1. The van der Waals surface area contributed by atoms with Crippen molar-refractivity contribution in [2.75, 3.05) is 13.1 Å². The molecule has 4 N–H and O–H groups in total. The van der Waals surface area contributed by atoms with Gasteiger partial charge >= 0.3 is 0 Å². The third-order valence-corrected chi connectivity index (χ3v) is 6.05. The summed E-state index contributed by atoms with van der Waals surface area (Å²) in [5, 5.41) is 28.7. The fraction of sp³-hybridized carbons (Fsp3) is 0.263. The van der Waals surface area contributed by atoms with Gasteiger partial charge in [-0.1, -0.05) is 24.3 Å². The molecule has 10 nitrogen and oxygen atoms in total. The van der Waals surface area contributed by atoms with Crippen molar-refractivity contribution in [1.29, 1.82) is 0 Å². The molecule has 0 radical (unpaired) electrons. The van der Waals surface area contributed by atoms with Crippen LogP contribution in [-0.2, 0) is 10.0 Å². The van der Waals surface area contributed by atoms with Gasteiger partial charge in [-0.05, 0) is 47.4 Å². The smallest absolute Gasteiger partial charge is 0.253 e. The number of nitrogens with one attached hydrogen (secondary N) is 1. The quantitative estimate of drug-likeness (QED) is 0.554. The highest BCUT2D eigenvalue weighted by atomic mass is 32.2. The summed E-state index contributed by atoms with van der Waals surface area (Å²) < 4.78 is 24.2. The molecule has 4 rings (SSSR count). The highest BCUT2D eigenvalue weighted by Gasteiger charge is 2.24. The molecule has 30 heavy (non-hydrogen) atoms. The van der Waals surface area contributed by atoms with E-state index in [1.807, 2.05) is 0 Å². The Balaban J connectivity index is 1.71. The Labute approximate surface area is 172 Å². The first-order valence-corrected chi connectivity index (χ1v) is 10.9. The molecule has 0 atom stereocenters. The molecule has 1 saturated heterocycles. The van der Waals surface area contributed by atoms with Gasteiger partial charge in [0.1, 0.15) is 0 Å². The van der Waals surface area contributed by atoms with Crippen molar-refractivity contribution in [3.63, 3.8) is 0 Å². The van der Waals surface area contributed by atoms with E-state index in [2.05, 4.69) is 20.6 Å². The number of nitrogens with two attached hydrogens (primary N) is 1. The van der Waals surface area contributed by atoms with E-state index in [-0.39, 0.29) is 28.3 Å². The number of aliphatic hydroxyl groups excluding tert-OH is 1. The fourth-order valence-corrected chi connectivity index (χ4v) is 4.31. The lowest BCUT2D eigenvalue weighted by Gasteiger charge is -2.29. The normalized spacial score (nSPS) is 15.3. The minimum absolute atomic E-state index is 0.0988. The van der Waals surface area contributed by atoms with Gasteiger partial charge < -0.3 is 10.0 Å². The van der Waals surface area contributed by atoms with Crippen LogP contribution in [0.3, 0.4) is 0 Å². The molecular formula is C19H20N6O4S. The van der Waals surface area contributed by atoms with Crippen molar-refractivity contribution < 1.29 is 18.3 Å². The average molecular weight is 428 g/mol. The second-order valence-corrected chi connectivity index (χ2v) is 8.59. The van der Waals surface area contributed by atoms with E-state index in [4.69, 9.17) is 5.14 Å². The van der Waals surface area contributed by atoms with Crippen LogP contribution in [0.15, 0.2) is 47.4 Å². The van der Waals surface area contributed by atoms with E-state index < -0.39 is 10.0 Å². The molecule has 2 heterocycles. The van der Waals surface area contributed by atoms with E-state index in [0.29, 0.717) is 42.6 Å². The number of nitrogens with zero attached hydrogens (tertiary/aromatic N) is 4. The molecular weight excluding hydrogens is 408 g/mol. The zero-order valence-electron chi connectivity index (χ0n) is 15.9. The topological polar surface area (TPSA) is 155 Å². The van der Waals surface area contributed by atoms with Crippen molar-refractivity contribution in [2.45, 2.75) is 23.8 Å². The number of carbonyl (C=O) groups excluding carboxylic acids is 1. The Hall–Kier alpha value is -3.15. The molecule has 2 aromatic carbocycles. The summed E-state index contributed by atoms with van der Waals surface area (Å²) >= 11 is 0. The third-order valence-electron chi connectivity index (χ3n) is 5.10. The standard InChI is InChI=1S/C19H20N6O4S/c20-30(28,29)16-3-1-2-15(17(16)18-21-23-24-22-18)12-4-6-13(7-5-12)19(27)25-10-8-14(26)9-11-25/h1-7,14,26H,8-11H2,(H2,20,28,29)(H,21,22,23,24). The molecule has 1 amide bonds. The maximum absolute atomic E-state index is 12.7. The summed E-state index contributed by atoms with van der Waals surface area (Å²) in [7, 11) is -4.03. The molecule has 0 spiro atoms. The number of primary sulfonamides is 1. The van der Waals surface area contributed by atoms with Crippen molar-refractivity contribution in [3.05, 3.63) is 48.0 Å². The number of aromatic nitrogens is 4. The summed E-state index contributed by atoms with van der Waals surface area (Å²) in [5.74, 6) is -0.00761. The number of hydrogen-bond donors (Lipinski definition) is 3. The van der Waals surface area contributed by atoms with Crippen LogP contribution in [0.4, 0.5) is 0 Å². The Kier molecular flexibility index (Phi) is 5.33. The van der Waals surface area contributed by atoms with Crippen molar-refractivity contribution in [3.8, 4) is 22.5 Å². The van der Waals surface area contributed by atoms with Crippen molar-refractivity contribution in [2.24, 2.45) is 5.14 Å². The number of aliphatic hydroxyl groups is 1. The first-order chi connectivity index (χ1) is 14.3. The van der Waals surface area contributed by atoms with Gasteiger partial charge in [-0.3, -0.25) is 4.79 Å². The van der Waals surface area contributed by atoms with Crippen LogP contribution < -0.4 is 5.14 Å². The summed E-state index contributed by atoms with van der Waals surface area (Å²) in [4.78, 5) is 14.3. The number of likely N-dealkylation sites (tertiary alicyclic amines) is 1. The van der Waals surface area contributed by atoms with Gasteiger partial charge in [-0.25, -0.2) is 13.6 Å². The number of tetrazole rings is 1. The lowest BCUT2D eigenvalue weighted by molar-refractivity contribution is 0.0546. The lowest BCUT2D eigenvalue weighted by Crippen LogP contribution is -2.40. The zero-order valence-corrected chi connectivity index (χ0v) is 16.7. The van der Waals surface area contributed by atoms with Crippen LogP contribution in [-0.4, -0.2) is 64.1 Å². The molecule has 0 saturated carbocycles. The summed E-state index contributed by atoms with van der Waals surface area (Å²) in [6.07, 6.45) is 0.780. The molecule has 1 aromatic heterocycles. The fourth-order valence-electron chi connectivity index (χ4n) is 3.55. The number of benzene rings is 2. The van der Waals surface area contributed by atoms with E-state index in [1.54, 1.807) is 41.3 Å². The second kappa shape index (κ2) is 7.94. The van der Waals surface area contributed by atoms with Gasteiger partial charge in [0.2, 0.25) is 15.8 Å². The van der Waals surface area contributed by atoms with Gasteiger partial charge in [-0.2, -0.15) is 5.21 Å². The molecule has 156 valence electrons. The highest BCUT2D eigenvalue weighted by molar-refractivity contribution is 7.89. The Morgan fingerprint density at radius 2 is 1.83 bits per heavy atom. The number of hydrogen-bond acceptors (Lipinski definition) is 7. The van der Waals surface area contributed by atoms with Gasteiger partial charge in [0.05, 0.1) is 16.6 Å². The number of sulfonamides is 1. The van der Waals surface area contributed by atoms with Gasteiger partial charge in [0.15, 0.2) is 0 Å². The van der Waals surface area contributed by atoms with Crippen LogP contribution in [0.2, 0.25) is 0 Å². The van der Waals surface area contributed by atoms with Gasteiger partial charge in [-0.15, -0.1) is 10.2 Å². The average Bonchev–Trinajstić information content (AvgIpc) is 3.27. The third kappa shape index (κ3) is 3.95. The molecule has 11 heteroatoms. The molecule has 3 aromatic rings. The van der Waals surface area contributed by atoms with Crippen LogP contribution in [0.1, 0.15) is 23.2 Å². The molecule has 1 aliphatic heterocycles. The van der Waals surface area contributed by atoms with Crippen LogP contribution >= 0.6 is 0 Å². The Morgan fingerprint density at radius 1 is 1.13 bits per heavy atom. The molecule has 0 unspecified atom stereocenters. The second-order valence-electron chi connectivity index (χ2n) is 7.06.